The molecular formula is C19H31N. The summed E-state index contributed by atoms with van der Waals surface area (Å²) in [6.45, 7) is 5.82. The molecule has 0 saturated heterocycles. The third kappa shape index (κ3) is 5.66. The molecule has 20 heavy (non-hydrogen) atoms. The van der Waals surface area contributed by atoms with Crippen LogP contribution in [0.1, 0.15) is 70.4 Å². The first kappa shape index (κ1) is 15.6. The van der Waals surface area contributed by atoms with Gasteiger partial charge in [-0.3, -0.25) is 0 Å². The molecule has 1 aliphatic carbocycles. The van der Waals surface area contributed by atoms with Crippen molar-refractivity contribution in [3.05, 3.63) is 35.9 Å². The summed E-state index contributed by atoms with van der Waals surface area (Å²) in [5, 5.41) is 3.80. The normalized spacial score (nSPS) is 16.6. The molecule has 1 nitrogen and oxygen atoms in total. The molecule has 1 aromatic carbocycles. The van der Waals surface area contributed by atoms with E-state index in [1.54, 1.807) is 0 Å². The Hall–Kier alpha value is -0.820. The molecular weight excluding hydrogens is 242 g/mol. The number of nitrogens with one attached hydrogen (secondary N) is 1. The molecule has 0 heterocycles. The van der Waals surface area contributed by atoms with Gasteiger partial charge in [-0.15, -0.1) is 0 Å². The van der Waals surface area contributed by atoms with Crippen LogP contribution in [0.25, 0.3) is 0 Å². The molecule has 0 radical (unpaired) electrons. The van der Waals surface area contributed by atoms with Crippen molar-refractivity contribution in [1.29, 1.82) is 0 Å². The predicted octanol–water partition coefficient (Wildman–Crippen LogP) is 5.33. The van der Waals surface area contributed by atoms with Crippen LogP contribution in [0, 0.1) is 11.8 Å². The van der Waals surface area contributed by atoms with Crippen LogP contribution in [0.2, 0.25) is 0 Å². The third-order valence-corrected chi connectivity index (χ3v) is 4.32. The van der Waals surface area contributed by atoms with Crippen LogP contribution in [-0.4, -0.2) is 6.54 Å². The maximum Gasteiger partial charge on any atom is 0.0348 e. The van der Waals surface area contributed by atoms with E-state index in [2.05, 4.69) is 49.5 Å². The highest BCUT2D eigenvalue weighted by Crippen LogP contribution is 2.40. The van der Waals surface area contributed by atoms with Gasteiger partial charge in [0.1, 0.15) is 0 Å². The molecule has 1 atom stereocenters. The monoisotopic (exact) mass is 273 g/mol. The van der Waals surface area contributed by atoms with E-state index in [4.69, 9.17) is 0 Å². The van der Waals surface area contributed by atoms with Crippen LogP contribution >= 0.6 is 0 Å². The summed E-state index contributed by atoms with van der Waals surface area (Å²) in [6.07, 6.45) is 9.71. The van der Waals surface area contributed by atoms with Crippen molar-refractivity contribution < 1.29 is 0 Å². The smallest absolute Gasteiger partial charge is 0.0348 e. The Bertz CT molecular complexity index is 353. The molecule has 112 valence electrons. The Labute approximate surface area is 125 Å². The fraction of sp³-hybridized carbons (Fsp3) is 0.684. The van der Waals surface area contributed by atoms with Gasteiger partial charge in [0.2, 0.25) is 0 Å². The minimum Gasteiger partial charge on any atom is -0.310 e. The number of hydrogen-bond donors (Lipinski definition) is 1. The van der Waals surface area contributed by atoms with Crippen molar-refractivity contribution >= 4 is 0 Å². The first-order chi connectivity index (χ1) is 9.77. The highest BCUT2D eigenvalue weighted by atomic mass is 14.9. The van der Waals surface area contributed by atoms with Crippen LogP contribution in [-0.2, 0) is 0 Å². The van der Waals surface area contributed by atoms with Gasteiger partial charge in [0, 0.05) is 6.04 Å². The van der Waals surface area contributed by atoms with Gasteiger partial charge < -0.3 is 5.32 Å². The first-order valence-electron chi connectivity index (χ1n) is 8.55. The summed E-state index contributed by atoms with van der Waals surface area (Å²) in [4.78, 5) is 0. The summed E-state index contributed by atoms with van der Waals surface area (Å²) in [5.41, 5.74) is 1.48. The van der Waals surface area contributed by atoms with Gasteiger partial charge in [0.05, 0.1) is 0 Å². The van der Waals surface area contributed by atoms with Crippen molar-refractivity contribution in [2.24, 2.45) is 11.8 Å². The Morgan fingerprint density at radius 1 is 1.00 bits per heavy atom. The van der Waals surface area contributed by atoms with Gasteiger partial charge >= 0.3 is 0 Å². The summed E-state index contributed by atoms with van der Waals surface area (Å²) >= 11 is 0. The molecule has 0 amide bonds. The zero-order valence-electron chi connectivity index (χ0n) is 13.3. The SMILES string of the molecule is CC(C)CCCCCCNC(c1ccccc1)C1CC1. The third-order valence-electron chi connectivity index (χ3n) is 4.32. The lowest BCUT2D eigenvalue weighted by molar-refractivity contribution is 0.458. The molecule has 1 N–H and O–H groups in total. The summed E-state index contributed by atoms with van der Waals surface area (Å²) in [5.74, 6) is 1.75. The lowest BCUT2D eigenvalue weighted by atomic mass is 10.0. The fourth-order valence-electron chi connectivity index (χ4n) is 2.94. The van der Waals surface area contributed by atoms with E-state index < -0.39 is 0 Å². The van der Waals surface area contributed by atoms with Gasteiger partial charge in [-0.1, -0.05) is 69.9 Å². The minimum atomic E-state index is 0.604. The molecule has 0 spiro atoms. The quantitative estimate of drug-likeness (QED) is 0.568. The lowest BCUT2D eigenvalue weighted by Crippen LogP contribution is -2.24. The molecule has 1 saturated carbocycles. The molecule has 0 aliphatic heterocycles. The van der Waals surface area contributed by atoms with Crippen molar-refractivity contribution in [3.8, 4) is 0 Å². The molecule has 1 aromatic rings. The maximum atomic E-state index is 3.80. The maximum absolute atomic E-state index is 3.80. The van der Waals surface area contributed by atoms with Gasteiger partial charge in [0.15, 0.2) is 0 Å². The summed E-state index contributed by atoms with van der Waals surface area (Å²) in [7, 11) is 0. The Morgan fingerprint density at radius 3 is 2.35 bits per heavy atom. The van der Waals surface area contributed by atoms with Crippen LogP contribution < -0.4 is 5.32 Å². The van der Waals surface area contributed by atoms with Crippen molar-refractivity contribution in [2.45, 2.75) is 64.8 Å². The largest absolute Gasteiger partial charge is 0.310 e. The van der Waals surface area contributed by atoms with E-state index in [0.717, 1.165) is 11.8 Å². The van der Waals surface area contributed by atoms with Gasteiger partial charge in [-0.25, -0.2) is 0 Å². The van der Waals surface area contributed by atoms with E-state index >= 15 is 0 Å². The van der Waals surface area contributed by atoms with Gasteiger partial charge in [-0.05, 0) is 43.2 Å². The molecule has 1 aliphatic rings. The number of hydrogen-bond acceptors (Lipinski definition) is 1. The summed E-state index contributed by atoms with van der Waals surface area (Å²) < 4.78 is 0. The van der Waals surface area contributed by atoms with Crippen molar-refractivity contribution in [3.63, 3.8) is 0 Å². The van der Waals surface area contributed by atoms with E-state index in [1.807, 2.05) is 0 Å². The van der Waals surface area contributed by atoms with E-state index in [0.29, 0.717) is 6.04 Å². The van der Waals surface area contributed by atoms with Gasteiger partial charge in [-0.2, -0.15) is 0 Å². The minimum absolute atomic E-state index is 0.604. The van der Waals surface area contributed by atoms with E-state index in [-0.39, 0.29) is 0 Å². The molecule has 0 bridgehead atoms. The highest BCUT2D eigenvalue weighted by molar-refractivity contribution is 5.21. The molecule has 2 rings (SSSR count). The standard InChI is InChI=1S/C19H31N/c1-16(2)10-6-3-4-9-15-20-19(18-13-14-18)17-11-7-5-8-12-17/h5,7-8,11-12,16,18-20H,3-4,6,9-10,13-15H2,1-2H3. The summed E-state index contributed by atoms with van der Waals surface area (Å²) in [6, 6.07) is 11.6. The lowest BCUT2D eigenvalue weighted by Gasteiger charge is -2.18. The number of benzene rings is 1. The zero-order chi connectivity index (χ0) is 14.2. The van der Waals surface area contributed by atoms with Crippen LogP contribution in [0.15, 0.2) is 30.3 Å². The van der Waals surface area contributed by atoms with E-state index in [1.165, 1.54) is 57.1 Å². The van der Waals surface area contributed by atoms with Crippen molar-refractivity contribution in [2.75, 3.05) is 6.54 Å². The first-order valence-corrected chi connectivity index (χ1v) is 8.55. The highest BCUT2D eigenvalue weighted by Gasteiger charge is 2.31. The molecule has 1 fully saturated rings. The average Bonchev–Trinajstić information content (AvgIpc) is 3.27. The van der Waals surface area contributed by atoms with Crippen molar-refractivity contribution in [1.82, 2.24) is 5.32 Å². The predicted molar refractivity (Wildman–Crippen MR) is 87.8 cm³/mol. The zero-order valence-corrected chi connectivity index (χ0v) is 13.3. The molecule has 1 heteroatoms. The van der Waals surface area contributed by atoms with Gasteiger partial charge in [0.25, 0.3) is 0 Å². The second kappa shape index (κ2) is 8.46. The Morgan fingerprint density at radius 2 is 1.70 bits per heavy atom. The number of unbranched alkanes of at least 4 members (excludes halogenated alkanes) is 3. The average molecular weight is 273 g/mol. The Balaban J connectivity index is 1.62. The molecule has 0 aromatic heterocycles. The second-order valence-electron chi connectivity index (χ2n) is 6.78. The van der Waals surface area contributed by atoms with Crippen LogP contribution in [0.5, 0.6) is 0 Å². The fourth-order valence-corrected chi connectivity index (χ4v) is 2.94. The number of rotatable bonds is 10. The Kier molecular flexibility index (Phi) is 6.59. The van der Waals surface area contributed by atoms with E-state index in [9.17, 15) is 0 Å². The van der Waals surface area contributed by atoms with Crippen LogP contribution in [0.4, 0.5) is 0 Å². The second-order valence-corrected chi connectivity index (χ2v) is 6.78. The molecule has 1 unspecified atom stereocenters. The topological polar surface area (TPSA) is 12.0 Å². The van der Waals surface area contributed by atoms with Crippen LogP contribution in [0.3, 0.4) is 0 Å².